The minimum atomic E-state index is -0.932. The molecule has 0 heterocycles. The smallest absolute Gasteiger partial charge is 0.252 e. The molecule has 1 aromatic carbocycles. The molecule has 0 fully saturated rings. The molecule has 0 bridgehead atoms. The van der Waals surface area contributed by atoms with Gasteiger partial charge >= 0.3 is 0 Å². The largest absolute Gasteiger partial charge is 0.345 e. The lowest BCUT2D eigenvalue weighted by Crippen LogP contribution is -2.52. The normalized spacial score (nSPS) is 13.1. The van der Waals surface area contributed by atoms with Crippen molar-refractivity contribution in [2.24, 2.45) is 11.8 Å². The number of Topliss-reactive ketones (excluding diaryl/α,β-unsaturated/α-hetero) is 2. The third-order valence-corrected chi connectivity index (χ3v) is 6.56. The second-order valence-electron chi connectivity index (χ2n) is 10.4. The minimum absolute atomic E-state index is 0.00241. The van der Waals surface area contributed by atoms with Crippen LogP contribution in [0.5, 0.6) is 0 Å². The number of hydrogen-bond acceptors (Lipinski definition) is 7. The molecule has 0 aromatic heterocycles. The second kappa shape index (κ2) is 17.2. The van der Waals surface area contributed by atoms with Crippen LogP contribution in [-0.2, 0) is 24.0 Å². The van der Waals surface area contributed by atoms with Crippen LogP contribution in [0.2, 0.25) is 0 Å². The van der Waals surface area contributed by atoms with E-state index >= 15 is 0 Å². The van der Waals surface area contributed by atoms with Crippen molar-refractivity contribution in [2.75, 3.05) is 24.2 Å². The Balaban J connectivity index is 3.18. The van der Waals surface area contributed by atoms with Gasteiger partial charge in [-0.15, -0.1) is 0 Å². The van der Waals surface area contributed by atoms with Crippen LogP contribution >= 0.6 is 0 Å². The molecule has 1 aromatic rings. The van der Waals surface area contributed by atoms with Crippen molar-refractivity contribution in [1.82, 2.24) is 16.0 Å². The molecule has 0 spiro atoms. The maximum absolute atomic E-state index is 13.3. The molecule has 11 nitrogen and oxygen atoms in total. The van der Waals surface area contributed by atoms with Crippen LogP contribution in [0.1, 0.15) is 84.0 Å². The highest BCUT2D eigenvalue weighted by molar-refractivity contribution is 6.02. The Labute approximate surface area is 237 Å². The monoisotopic (exact) mass is 559 g/mol. The number of ketones is 2. The summed E-state index contributed by atoms with van der Waals surface area (Å²) in [6.07, 6.45) is 1.63. The van der Waals surface area contributed by atoms with Gasteiger partial charge in [0.15, 0.2) is 5.78 Å². The fraction of sp³-hybridized carbons (Fsp3) is 0.586. The van der Waals surface area contributed by atoms with Crippen molar-refractivity contribution in [1.29, 1.82) is 0 Å². The summed E-state index contributed by atoms with van der Waals surface area (Å²) < 4.78 is 0. The van der Waals surface area contributed by atoms with Crippen molar-refractivity contribution in [3.05, 3.63) is 23.8 Å². The maximum Gasteiger partial charge on any atom is 0.252 e. The van der Waals surface area contributed by atoms with E-state index in [2.05, 4.69) is 26.6 Å². The topological polar surface area (TPSA) is 163 Å². The molecule has 5 N–H and O–H groups in total. The summed E-state index contributed by atoms with van der Waals surface area (Å²) in [7, 11) is 1.79. The number of hydrogen-bond donors (Lipinski definition) is 5. The van der Waals surface area contributed by atoms with Crippen LogP contribution in [0.4, 0.5) is 11.4 Å². The second-order valence-corrected chi connectivity index (χ2v) is 10.4. The van der Waals surface area contributed by atoms with Gasteiger partial charge in [-0.2, -0.15) is 0 Å². The minimum Gasteiger partial charge on any atom is -0.345 e. The average molecular weight is 560 g/mol. The Hall–Kier alpha value is -3.60. The van der Waals surface area contributed by atoms with Crippen LogP contribution in [0, 0.1) is 11.8 Å². The van der Waals surface area contributed by atoms with Crippen LogP contribution in [0.15, 0.2) is 18.2 Å². The molecule has 222 valence electrons. The Kier molecular flexibility index (Phi) is 14.8. The van der Waals surface area contributed by atoms with Crippen molar-refractivity contribution >= 4 is 46.6 Å². The van der Waals surface area contributed by atoms with Crippen molar-refractivity contribution in [2.45, 2.75) is 85.7 Å². The number of amides is 4. The zero-order valence-electron chi connectivity index (χ0n) is 24.7. The SMILES string of the molecule is CC[C@@H](C)C(=O)CCC(=O)Nc1cc(NC(=O)CCCNC)cc(C(=O)NC(C(=O)N[C@@H](C)C(C)=O)C(C)C)c1. The van der Waals surface area contributed by atoms with Crippen LogP contribution in [0.3, 0.4) is 0 Å². The van der Waals surface area contributed by atoms with E-state index in [-0.39, 0.29) is 59.8 Å². The van der Waals surface area contributed by atoms with Gasteiger partial charge in [-0.1, -0.05) is 27.7 Å². The summed E-state index contributed by atoms with van der Waals surface area (Å²) in [5.41, 5.74) is 0.663. The highest BCUT2D eigenvalue weighted by atomic mass is 16.2. The standard InChI is InChI=1S/C29H45N5O6/c1-8-18(4)24(36)11-12-26(38)33-23-15-21(14-22(16-23)32-25(37)10-9-13-30-7)28(39)34-27(17(2)3)29(40)31-19(5)20(6)35/h14-19,27,30H,8-13H2,1-7H3,(H,31,40)(H,32,37)(H,33,38)(H,34,39)/t18-,19+,27?/m1/s1. The molecular formula is C29H45N5O6. The lowest BCUT2D eigenvalue weighted by Gasteiger charge is -2.23. The first-order valence-corrected chi connectivity index (χ1v) is 13.8. The molecular weight excluding hydrogens is 514 g/mol. The average Bonchev–Trinajstić information content (AvgIpc) is 2.89. The molecule has 3 atom stereocenters. The molecule has 0 aliphatic heterocycles. The summed E-state index contributed by atoms with van der Waals surface area (Å²) in [6, 6.07) is 2.79. The van der Waals surface area contributed by atoms with Gasteiger partial charge in [0, 0.05) is 42.1 Å². The van der Waals surface area contributed by atoms with Gasteiger partial charge in [-0.25, -0.2) is 0 Å². The van der Waals surface area contributed by atoms with E-state index < -0.39 is 29.8 Å². The first-order valence-electron chi connectivity index (χ1n) is 13.8. The number of benzene rings is 1. The molecule has 1 unspecified atom stereocenters. The van der Waals surface area contributed by atoms with E-state index in [0.717, 1.165) is 0 Å². The van der Waals surface area contributed by atoms with E-state index in [4.69, 9.17) is 0 Å². The van der Waals surface area contributed by atoms with E-state index in [9.17, 15) is 28.8 Å². The zero-order valence-corrected chi connectivity index (χ0v) is 24.7. The molecule has 0 saturated carbocycles. The Morgan fingerprint density at radius 1 is 0.800 bits per heavy atom. The number of carbonyl (C=O) groups is 6. The van der Waals surface area contributed by atoms with E-state index in [1.807, 2.05) is 13.8 Å². The summed E-state index contributed by atoms with van der Waals surface area (Å²) in [5, 5.41) is 13.7. The quantitative estimate of drug-likeness (QED) is 0.183. The van der Waals surface area contributed by atoms with Crippen molar-refractivity contribution in [3.63, 3.8) is 0 Å². The van der Waals surface area contributed by atoms with Gasteiger partial charge in [-0.05, 0) is 64.4 Å². The summed E-state index contributed by atoms with van der Waals surface area (Å²) >= 11 is 0. The lowest BCUT2D eigenvalue weighted by molar-refractivity contribution is -0.128. The van der Waals surface area contributed by atoms with E-state index in [1.165, 1.54) is 25.1 Å². The number of anilines is 2. The number of carbonyl (C=O) groups excluding carboxylic acids is 6. The van der Waals surface area contributed by atoms with Crippen LogP contribution < -0.4 is 26.6 Å². The Bertz CT molecular complexity index is 1070. The Morgan fingerprint density at radius 3 is 1.88 bits per heavy atom. The molecule has 0 aliphatic rings. The van der Waals surface area contributed by atoms with E-state index in [0.29, 0.717) is 25.1 Å². The summed E-state index contributed by atoms with van der Waals surface area (Å²) in [6.45, 7) is 10.8. The molecule has 0 aliphatic carbocycles. The molecule has 0 saturated heterocycles. The van der Waals surface area contributed by atoms with Crippen molar-refractivity contribution in [3.8, 4) is 0 Å². The predicted octanol–water partition coefficient (Wildman–Crippen LogP) is 2.81. The summed E-state index contributed by atoms with van der Waals surface area (Å²) in [4.78, 5) is 74.8. The third kappa shape index (κ3) is 12.1. The molecule has 4 amide bonds. The molecule has 1 rings (SSSR count). The molecule has 11 heteroatoms. The van der Waals surface area contributed by atoms with Gasteiger partial charge in [0.25, 0.3) is 5.91 Å². The maximum atomic E-state index is 13.3. The fourth-order valence-electron chi connectivity index (χ4n) is 3.65. The van der Waals surface area contributed by atoms with Gasteiger partial charge in [0.1, 0.15) is 11.8 Å². The Morgan fingerprint density at radius 2 is 1.38 bits per heavy atom. The third-order valence-electron chi connectivity index (χ3n) is 6.56. The zero-order chi connectivity index (χ0) is 30.4. The van der Waals surface area contributed by atoms with E-state index in [1.54, 1.807) is 27.8 Å². The lowest BCUT2D eigenvalue weighted by atomic mass is 10.00. The first-order chi connectivity index (χ1) is 18.8. The van der Waals surface area contributed by atoms with Crippen LogP contribution in [-0.4, -0.2) is 60.9 Å². The van der Waals surface area contributed by atoms with Crippen molar-refractivity contribution < 1.29 is 28.8 Å². The predicted molar refractivity (Wildman–Crippen MR) is 155 cm³/mol. The van der Waals surface area contributed by atoms with Gasteiger partial charge < -0.3 is 26.6 Å². The van der Waals surface area contributed by atoms with Gasteiger partial charge in [0.05, 0.1) is 6.04 Å². The fourth-order valence-corrected chi connectivity index (χ4v) is 3.65. The number of nitrogens with one attached hydrogen (secondary N) is 5. The highest BCUT2D eigenvalue weighted by Gasteiger charge is 2.27. The molecule has 0 radical (unpaired) electrons. The van der Waals surface area contributed by atoms with Gasteiger partial charge in [0.2, 0.25) is 17.7 Å². The van der Waals surface area contributed by atoms with Crippen LogP contribution in [0.25, 0.3) is 0 Å². The summed E-state index contributed by atoms with van der Waals surface area (Å²) in [5.74, 6) is -2.41. The highest BCUT2D eigenvalue weighted by Crippen LogP contribution is 2.21. The van der Waals surface area contributed by atoms with Gasteiger partial charge in [-0.3, -0.25) is 28.8 Å². The first kappa shape index (κ1) is 34.4. The molecule has 40 heavy (non-hydrogen) atoms. The number of rotatable bonds is 17.